The van der Waals surface area contributed by atoms with Gasteiger partial charge in [0.1, 0.15) is 0 Å². The molecular formula is C21H30N2O2. The first-order chi connectivity index (χ1) is 12.0. The smallest absolute Gasteiger partial charge is 0.227 e. The van der Waals surface area contributed by atoms with E-state index < -0.39 is 0 Å². The van der Waals surface area contributed by atoms with Crippen molar-refractivity contribution in [1.82, 2.24) is 4.90 Å². The topological polar surface area (TPSA) is 49.4 Å². The Kier molecular flexibility index (Phi) is 5.45. The van der Waals surface area contributed by atoms with Gasteiger partial charge in [0.2, 0.25) is 11.8 Å². The predicted octanol–water partition coefficient (Wildman–Crippen LogP) is 4.10. The molecule has 1 heterocycles. The number of benzene rings is 1. The van der Waals surface area contributed by atoms with Crippen LogP contribution in [0.3, 0.4) is 0 Å². The quantitative estimate of drug-likeness (QED) is 0.896. The van der Waals surface area contributed by atoms with Gasteiger partial charge < -0.3 is 10.2 Å². The summed E-state index contributed by atoms with van der Waals surface area (Å²) in [7, 11) is 0. The van der Waals surface area contributed by atoms with Crippen LogP contribution in [0, 0.1) is 18.8 Å². The number of hydrogen-bond donors (Lipinski definition) is 1. The lowest BCUT2D eigenvalue weighted by molar-refractivity contribution is -0.140. The number of anilines is 1. The fourth-order valence-corrected chi connectivity index (χ4v) is 3.84. The number of hydrogen-bond acceptors (Lipinski definition) is 2. The van der Waals surface area contributed by atoms with Gasteiger partial charge in [-0.05, 0) is 49.7 Å². The minimum Gasteiger partial charge on any atom is -0.342 e. The number of piperidine rings is 1. The van der Waals surface area contributed by atoms with Gasteiger partial charge in [-0.25, -0.2) is 0 Å². The number of para-hydroxylation sites is 1. The molecule has 1 aliphatic carbocycles. The number of rotatable bonds is 4. The van der Waals surface area contributed by atoms with Crippen molar-refractivity contribution in [2.24, 2.45) is 11.8 Å². The number of amides is 2. The number of carbonyl (C=O) groups excluding carboxylic acids is 2. The average Bonchev–Trinajstić information content (AvgIpc) is 2.55. The van der Waals surface area contributed by atoms with E-state index >= 15 is 0 Å². The van der Waals surface area contributed by atoms with Gasteiger partial charge in [0.05, 0.1) is 0 Å². The van der Waals surface area contributed by atoms with Gasteiger partial charge in [-0.3, -0.25) is 9.59 Å². The second kappa shape index (κ2) is 7.59. The van der Waals surface area contributed by atoms with Crippen molar-refractivity contribution >= 4 is 17.5 Å². The Morgan fingerprint density at radius 1 is 1.08 bits per heavy atom. The summed E-state index contributed by atoms with van der Waals surface area (Å²) in [5.41, 5.74) is 3.26. The third kappa shape index (κ3) is 3.88. The number of carbonyl (C=O) groups is 2. The molecule has 0 atom stereocenters. The molecule has 1 aliphatic heterocycles. The van der Waals surface area contributed by atoms with Crippen molar-refractivity contribution in [3.8, 4) is 0 Å². The second-order valence-electron chi connectivity index (χ2n) is 7.91. The maximum absolute atomic E-state index is 12.8. The molecule has 4 nitrogen and oxygen atoms in total. The van der Waals surface area contributed by atoms with E-state index in [0.717, 1.165) is 50.0 Å². The Balaban J connectivity index is 1.59. The van der Waals surface area contributed by atoms with Crippen molar-refractivity contribution in [2.45, 2.75) is 58.8 Å². The lowest BCUT2D eigenvalue weighted by Gasteiger charge is -2.36. The van der Waals surface area contributed by atoms with Crippen LogP contribution in [-0.4, -0.2) is 29.8 Å². The lowest BCUT2D eigenvalue weighted by atomic mass is 9.83. The van der Waals surface area contributed by atoms with E-state index in [1.54, 1.807) is 0 Å². The standard InChI is InChI=1S/C21H30N2O2/c1-14(2)18-9-4-6-15(3)19(18)22-20(24)16-10-12-23(13-11-16)21(25)17-7-5-8-17/h4,6,9,14,16-17H,5,7-8,10-13H2,1-3H3,(H,22,24). The summed E-state index contributed by atoms with van der Waals surface area (Å²) < 4.78 is 0. The summed E-state index contributed by atoms with van der Waals surface area (Å²) in [6.45, 7) is 7.78. The number of nitrogens with zero attached hydrogens (tertiary/aromatic N) is 1. The number of aryl methyl sites for hydroxylation is 1. The van der Waals surface area contributed by atoms with Gasteiger partial charge >= 0.3 is 0 Å². The van der Waals surface area contributed by atoms with E-state index in [4.69, 9.17) is 0 Å². The van der Waals surface area contributed by atoms with Crippen molar-refractivity contribution in [1.29, 1.82) is 0 Å². The largest absolute Gasteiger partial charge is 0.342 e. The van der Waals surface area contributed by atoms with Gasteiger partial charge in [0, 0.05) is 30.6 Å². The molecule has 1 N–H and O–H groups in total. The molecule has 1 saturated carbocycles. The highest BCUT2D eigenvalue weighted by molar-refractivity contribution is 5.94. The highest BCUT2D eigenvalue weighted by atomic mass is 16.2. The van der Waals surface area contributed by atoms with Gasteiger partial charge in [0.15, 0.2) is 0 Å². The molecule has 1 aromatic carbocycles. The van der Waals surface area contributed by atoms with Crippen molar-refractivity contribution in [3.05, 3.63) is 29.3 Å². The molecule has 1 saturated heterocycles. The first kappa shape index (κ1) is 18.0. The molecule has 2 amide bonds. The van der Waals surface area contributed by atoms with Gasteiger partial charge in [0.25, 0.3) is 0 Å². The molecule has 0 radical (unpaired) electrons. The molecule has 136 valence electrons. The first-order valence-corrected chi connectivity index (χ1v) is 9.66. The van der Waals surface area contributed by atoms with Crippen LogP contribution < -0.4 is 5.32 Å². The van der Waals surface area contributed by atoms with E-state index in [2.05, 4.69) is 25.2 Å². The molecule has 0 bridgehead atoms. The average molecular weight is 342 g/mol. The van der Waals surface area contributed by atoms with E-state index in [9.17, 15) is 9.59 Å². The van der Waals surface area contributed by atoms with Crippen LogP contribution in [0.2, 0.25) is 0 Å². The zero-order valence-electron chi connectivity index (χ0n) is 15.7. The number of nitrogens with one attached hydrogen (secondary N) is 1. The fourth-order valence-electron chi connectivity index (χ4n) is 3.84. The van der Waals surface area contributed by atoms with E-state index in [1.165, 1.54) is 12.0 Å². The molecule has 2 aliphatic rings. The molecule has 4 heteroatoms. The Bertz CT molecular complexity index is 641. The maximum Gasteiger partial charge on any atom is 0.227 e. The maximum atomic E-state index is 12.8. The zero-order chi connectivity index (χ0) is 18.0. The lowest BCUT2D eigenvalue weighted by Crippen LogP contribution is -2.45. The molecular weight excluding hydrogens is 312 g/mol. The third-order valence-corrected chi connectivity index (χ3v) is 5.81. The van der Waals surface area contributed by atoms with Gasteiger partial charge in [-0.15, -0.1) is 0 Å². The third-order valence-electron chi connectivity index (χ3n) is 5.81. The van der Waals surface area contributed by atoms with Crippen LogP contribution in [-0.2, 0) is 9.59 Å². The molecule has 25 heavy (non-hydrogen) atoms. The summed E-state index contributed by atoms with van der Waals surface area (Å²) in [6.07, 6.45) is 4.82. The van der Waals surface area contributed by atoms with E-state index in [0.29, 0.717) is 11.8 Å². The van der Waals surface area contributed by atoms with Crippen molar-refractivity contribution in [2.75, 3.05) is 18.4 Å². The van der Waals surface area contributed by atoms with Crippen LogP contribution in [0.15, 0.2) is 18.2 Å². The monoisotopic (exact) mass is 342 g/mol. The minimum absolute atomic E-state index is 0.00468. The highest BCUT2D eigenvalue weighted by Gasteiger charge is 2.33. The minimum atomic E-state index is 0.00468. The first-order valence-electron chi connectivity index (χ1n) is 9.66. The Morgan fingerprint density at radius 3 is 2.32 bits per heavy atom. The summed E-state index contributed by atoms with van der Waals surface area (Å²) in [6, 6.07) is 6.18. The van der Waals surface area contributed by atoms with Crippen LogP contribution in [0.1, 0.15) is 63.0 Å². The SMILES string of the molecule is Cc1cccc(C(C)C)c1NC(=O)C1CCN(C(=O)C2CCC2)CC1. The second-order valence-corrected chi connectivity index (χ2v) is 7.91. The van der Waals surface area contributed by atoms with Crippen molar-refractivity contribution < 1.29 is 9.59 Å². The van der Waals surface area contributed by atoms with Gasteiger partial charge in [-0.2, -0.15) is 0 Å². The van der Waals surface area contributed by atoms with E-state index in [-0.39, 0.29) is 17.7 Å². The molecule has 0 aromatic heterocycles. The summed E-state index contributed by atoms with van der Waals surface area (Å²) in [4.78, 5) is 27.1. The molecule has 2 fully saturated rings. The van der Waals surface area contributed by atoms with Gasteiger partial charge in [-0.1, -0.05) is 38.5 Å². The molecule has 1 aromatic rings. The molecule has 0 unspecified atom stereocenters. The highest BCUT2D eigenvalue weighted by Crippen LogP contribution is 2.31. The Hall–Kier alpha value is -1.84. The zero-order valence-corrected chi connectivity index (χ0v) is 15.7. The Morgan fingerprint density at radius 2 is 1.76 bits per heavy atom. The fraction of sp³-hybridized carbons (Fsp3) is 0.619. The normalized spacial score (nSPS) is 19.0. The van der Waals surface area contributed by atoms with Crippen LogP contribution in [0.5, 0.6) is 0 Å². The molecule has 0 spiro atoms. The summed E-state index contributed by atoms with van der Waals surface area (Å²) in [5, 5.41) is 3.18. The van der Waals surface area contributed by atoms with Crippen LogP contribution in [0.4, 0.5) is 5.69 Å². The van der Waals surface area contributed by atoms with Crippen LogP contribution in [0.25, 0.3) is 0 Å². The Labute approximate surface area is 151 Å². The molecule has 3 rings (SSSR count). The predicted molar refractivity (Wildman–Crippen MR) is 101 cm³/mol. The van der Waals surface area contributed by atoms with Crippen molar-refractivity contribution in [3.63, 3.8) is 0 Å². The van der Waals surface area contributed by atoms with E-state index in [1.807, 2.05) is 24.0 Å². The summed E-state index contributed by atoms with van der Waals surface area (Å²) >= 11 is 0. The summed E-state index contributed by atoms with van der Waals surface area (Å²) in [5.74, 6) is 1.05. The number of likely N-dealkylation sites (tertiary alicyclic amines) is 1. The van der Waals surface area contributed by atoms with Crippen LogP contribution >= 0.6 is 0 Å².